The quantitative estimate of drug-likeness (QED) is 0.134. The van der Waals surface area contributed by atoms with Gasteiger partial charge in [-0.05, 0) is 42.7 Å². The normalized spacial score (nSPS) is 13.2. The molecule has 4 aromatic carbocycles. The summed E-state index contributed by atoms with van der Waals surface area (Å²) in [5.74, 6) is 20.9. The van der Waals surface area contributed by atoms with Gasteiger partial charge < -0.3 is 0 Å². The van der Waals surface area contributed by atoms with Crippen LogP contribution in [-0.2, 0) is 0 Å². The Labute approximate surface area is 353 Å². The molecule has 56 heavy (non-hydrogen) atoms. The summed E-state index contributed by atoms with van der Waals surface area (Å²) < 4.78 is 0. The zero-order valence-electron chi connectivity index (χ0n) is 35.3. The molecule has 0 spiro atoms. The van der Waals surface area contributed by atoms with Crippen molar-refractivity contribution in [3.63, 3.8) is 0 Å². The van der Waals surface area contributed by atoms with Crippen molar-refractivity contribution in [3.05, 3.63) is 142 Å². The van der Waals surface area contributed by atoms with Crippen molar-refractivity contribution in [2.24, 2.45) is 0 Å². The summed E-state index contributed by atoms with van der Waals surface area (Å²) in [4.78, 5) is 0. The first-order valence-electron chi connectivity index (χ1n) is 19.3. The zero-order valence-corrected chi connectivity index (χ0v) is 40.8. The molecule has 0 atom stereocenters. The molecular formula is C50H56Cl2Si4. The smallest absolute Gasteiger partial charge is 0.126 e. The molecule has 0 aliphatic carbocycles. The number of hydrogen-bond acceptors (Lipinski definition) is 0. The minimum Gasteiger partial charge on any atom is -0.126 e. The van der Waals surface area contributed by atoms with E-state index in [1.54, 1.807) is 0 Å². The van der Waals surface area contributed by atoms with E-state index in [9.17, 15) is 0 Å². The summed E-state index contributed by atoms with van der Waals surface area (Å²) in [5.41, 5.74) is 7.07. The van der Waals surface area contributed by atoms with E-state index in [4.69, 9.17) is 23.2 Å². The molecule has 0 fully saturated rings. The molecule has 0 aliphatic rings. The van der Waals surface area contributed by atoms with Gasteiger partial charge in [0.05, 0.1) is 10.1 Å². The van der Waals surface area contributed by atoms with Crippen LogP contribution in [0.3, 0.4) is 0 Å². The second-order valence-corrected chi connectivity index (χ2v) is 37.9. The first-order chi connectivity index (χ1) is 26.2. The van der Waals surface area contributed by atoms with Crippen molar-refractivity contribution >= 4 is 76.2 Å². The van der Waals surface area contributed by atoms with Crippen LogP contribution in [0.1, 0.15) is 41.5 Å². The van der Waals surface area contributed by atoms with E-state index < -0.39 is 32.3 Å². The minimum absolute atomic E-state index is 0.246. The van der Waals surface area contributed by atoms with E-state index in [2.05, 4.69) is 249 Å². The SMILES string of the molecule is CC(C)(C)[Si](/C(C#CC#C/C(=C(\Cl)C#C[Si](C)(C)C)[Si](c1ccccc1)(c1ccccc1)C(C)(C)C)=C(/Cl)C#C[Si](C)(C)C)(c1ccccc1)c1ccccc1. The molecule has 0 radical (unpaired) electrons. The first kappa shape index (κ1) is 44.8. The lowest BCUT2D eigenvalue weighted by Gasteiger charge is -2.44. The third-order valence-corrected chi connectivity index (χ3v) is 24.0. The van der Waals surface area contributed by atoms with Crippen LogP contribution < -0.4 is 20.7 Å². The van der Waals surface area contributed by atoms with Crippen LogP contribution in [0, 0.1) is 46.6 Å². The Bertz CT molecular complexity index is 2060. The molecule has 0 nitrogen and oxygen atoms in total. The highest BCUT2D eigenvalue weighted by molar-refractivity contribution is 7.11. The molecule has 0 heterocycles. The van der Waals surface area contributed by atoms with Crippen molar-refractivity contribution in [2.45, 2.75) is 90.9 Å². The van der Waals surface area contributed by atoms with Gasteiger partial charge in [-0.3, -0.25) is 0 Å². The van der Waals surface area contributed by atoms with Crippen LogP contribution in [0.2, 0.25) is 49.4 Å². The summed E-state index contributed by atoms with van der Waals surface area (Å²) in [7, 11) is -9.51. The molecule has 4 rings (SSSR count). The third kappa shape index (κ3) is 10.1. The van der Waals surface area contributed by atoms with Crippen molar-refractivity contribution in [1.29, 1.82) is 0 Å². The lowest BCUT2D eigenvalue weighted by molar-refractivity contribution is 0.736. The molecule has 0 aliphatic heterocycles. The molecule has 0 saturated heterocycles. The average Bonchev–Trinajstić information content (AvgIpc) is 3.13. The van der Waals surface area contributed by atoms with Crippen molar-refractivity contribution in [3.8, 4) is 46.6 Å². The van der Waals surface area contributed by atoms with E-state index in [1.807, 2.05) is 0 Å². The number of allylic oxidation sites excluding steroid dienone is 4. The largest absolute Gasteiger partial charge is 0.166 e. The number of hydrogen-bond donors (Lipinski definition) is 0. The topological polar surface area (TPSA) is 0 Å². The van der Waals surface area contributed by atoms with Crippen LogP contribution in [0.4, 0.5) is 0 Å². The van der Waals surface area contributed by atoms with Crippen LogP contribution in [0.25, 0.3) is 0 Å². The van der Waals surface area contributed by atoms with Gasteiger partial charge >= 0.3 is 0 Å². The van der Waals surface area contributed by atoms with Crippen LogP contribution in [0.15, 0.2) is 142 Å². The number of benzene rings is 4. The first-order valence-corrected chi connectivity index (χ1v) is 31.0. The lowest BCUT2D eigenvalue weighted by Crippen LogP contribution is -2.66. The monoisotopic (exact) mass is 838 g/mol. The van der Waals surface area contributed by atoms with Crippen LogP contribution in [0.5, 0.6) is 0 Å². The van der Waals surface area contributed by atoms with E-state index in [0.29, 0.717) is 10.1 Å². The van der Waals surface area contributed by atoms with Crippen molar-refractivity contribution in [1.82, 2.24) is 0 Å². The summed E-state index contributed by atoms with van der Waals surface area (Å²) in [6, 6.07) is 43.0. The van der Waals surface area contributed by atoms with Gasteiger partial charge in [-0.15, -0.1) is 11.1 Å². The Hall–Kier alpha value is -3.95. The van der Waals surface area contributed by atoms with Gasteiger partial charge in [0.1, 0.15) is 16.1 Å². The van der Waals surface area contributed by atoms with Gasteiger partial charge in [0.15, 0.2) is 16.1 Å². The standard InChI is InChI=1S/C50H56Cl2Si4/c1-49(2,3)55(41-27-17-13-18-28-41,42-29-19-14-20-30-42)47(45(51)37-39-53(7,8)9)35-25-26-36-48(46(52)38-40-54(10,11)12)56(50(4,5)6,43-31-21-15-22-32-43)44-33-23-16-24-34-44/h13-24,27-34H,1-12H3/b47-45+,48-46+. The van der Waals surface area contributed by atoms with Gasteiger partial charge in [-0.2, -0.15) is 0 Å². The van der Waals surface area contributed by atoms with Gasteiger partial charge in [-0.1, -0.05) is 249 Å². The van der Waals surface area contributed by atoms with Gasteiger partial charge in [0.2, 0.25) is 0 Å². The maximum Gasteiger partial charge on any atom is 0.166 e. The van der Waals surface area contributed by atoms with Crippen LogP contribution in [-0.4, -0.2) is 32.3 Å². The predicted octanol–water partition coefficient (Wildman–Crippen LogP) is 10.9. The lowest BCUT2D eigenvalue weighted by atomic mass is 10.2. The number of rotatable bonds is 6. The fourth-order valence-corrected chi connectivity index (χ4v) is 20.6. The highest BCUT2D eigenvalue weighted by Gasteiger charge is 2.53. The summed E-state index contributed by atoms with van der Waals surface area (Å²) in [5, 5.41) is 7.13. The van der Waals surface area contributed by atoms with Gasteiger partial charge in [0, 0.05) is 10.4 Å². The molecule has 0 saturated carbocycles. The highest BCUT2D eigenvalue weighted by Crippen LogP contribution is 2.43. The van der Waals surface area contributed by atoms with Gasteiger partial charge in [0.25, 0.3) is 0 Å². The molecule has 0 N–H and O–H groups in total. The average molecular weight is 840 g/mol. The van der Waals surface area contributed by atoms with Crippen LogP contribution >= 0.6 is 23.2 Å². The third-order valence-electron chi connectivity index (χ3n) is 9.80. The fraction of sp³-hybridized carbons (Fsp3) is 0.280. The molecule has 286 valence electrons. The Morgan fingerprint density at radius 1 is 0.393 bits per heavy atom. The molecule has 6 heteroatoms. The molecule has 4 aromatic rings. The second-order valence-electron chi connectivity index (χ2n) is 18.3. The molecule has 0 bridgehead atoms. The van der Waals surface area contributed by atoms with E-state index >= 15 is 0 Å². The Morgan fingerprint density at radius 2 is 0.625 bits per heavy atom. The maximum absolute atomic E-state index is 7.49. The zero-order chi connectivity index (χ0) is 41.4. The van der Waals surface area contributed by atoms with E-state index in [1.165, 1.54) is 20.7 Å². The Kier molecular flexibility index (Phi) is 14.5. The predicted molar refractivity (Wildman–Crippen MR) is 259 cm³/mol. The minimum atomic E-state index is -2.97. The molecule has 0 amide bonds. The van der Waals surface area contributed by atoms with E-state index in [-0.39, 0.29) is 10.1 Å². The number of halogens is 2. The fourth-order valence-electron chi connectivity index (χ4n) is 7.57. The van der Waals surface area contributed by atoms with Gasteiger partial charge in [-0.25, -0.2) is 0 Å². The Balaban J connectivity index is 2.20. The van der Waals surface area contributed by atoms with E-state index in [0.717, 1.165) is 10.4 Å². The Morgan fingerprint density at radius 3 is 0.821 bits per heavy atom. The highest BCUT2D eigenvalue weighted by atomic mass is 35.5. The van der Waals surface area contributed by atoms with Crippen molar-refractivity contribution in [2.75, 3.05) is 0 Å². The summed E-state index contributed by atoms with van der Waals surface area (Å²) >= 11 is 15.0. The van der Waals surface area contributed by atoms with Crippen molar-refractivity contribution < 1.29 is 0 Å². The summed E-state index contributed by atoms with van der Waals surface area (Å²) in [6.45, 7) is 27.3. The summed E-state index contributed by atoms with van der Waals surface area (Å²) in [6.07, 6.45) is 0. The maximum atomic E-state index is 7.49. The molecular weight excluding hydrogens is 784 g/mol. The molecule has 0 unspecified atom stereocenters. The molecule has 0 aromatic heterocycles. The second kappa shape index (κ2) is 18.1.